The van der Waals surface area contributed by atoms with Gasteiger partial charge in [-0.05, 0) is 28.4 Å². The maximum Gasteiger partial charge on any atom is 0.266 e. The Hall–Kier alpha value is -1.02. The van der Waals surface area contributed by atoms with Gasteiger partial charge in [0.05, 0.1) is 23.7 Å². The summed E-state index contributed by atoms with van der Waals surface area (Å²) in [5.74, 6) is 0. The Balaban J connectivity index is 3.31. The fraction of sp³-hybridized carbons (Fsp3) is 0.333. The molecule has 0 radical (unpaired) electrons. The molecule has 0 atom stereocenters. The highest BCUT2D eigenvalue weighted by molar-refractivity contribution is 9.10. The number of nitriles is 1. The van der Waals surface area contributed by atoms with Gasteiger partial charge in [-0.25, -0.2) is 8.78 Å². The van der Waals surface area contributed by atoms with Crippen LogP contribution in [0.5, 0.6) is 0 Å². The predicted molar refractivity (Wildman–Crippen MR) is 50.9 cm³/mol. The lowest BCUT2D eigenvalue weighted by atomic mass is 10.1. The highest BCUT2D eigenvalue weighted by Gasteiger charge is 2.19. The molecular formula is C9H7BrF2N2. The van der Waals surface area contributed by atoms with Crippen LogP contribution in [0.4, 0.5) is 8.78 Å². The molecule has 1 rings (SSSR count). The zero-order valence-electron chi connectivity index (χ0n) is 7.39. The second-order valence-electron chi connectivity index (χ2n) is 2.75. The van der Waals surface area contributed by atoms with Gasteiger partial charge >= 0.3 is 0 Å². The molecule has 1 aromatic heterocycles. The van der Waals surface area contributed by atoms with Crippen molar-refractivity contribution in [2.75, 3.05) is 0 Å². The maximum atomic E-state index is 12.6. The summed E-state index contributed by atoms with van der Waals surface area (Å²) in [7, 11) is 0. The molecule has 0 N–H and O–H groups in total. The lowest BCUT2D eigenvalue weighted by molar-refractivity contribution is 0.149. The molecule has 0 fully saturated rings. The number of halogens is 3. The van der Waals surface area contributed by atoms with Gasteiger partial charge in [-0.2, -0.15) is 5.26 Å². The van der Waals surface area contributed by atoms with Gasteiger partial charge in [-0.3, -0.25) is 4.98 Å². The molecule has 2 nitrogen and oxygen atoms in total. The van der Waals surface area contributed by atoms with E-state index in [0.717, 1.165) is 0 Å². The first-order valence-corrected chi connectivity index (χ1v) is 4.66. The number of alkyl halides is 2. The third-order valence-electron chi connectivity index (χ3n) is 1.77. The normalized spacial score (nSPS) is 10.3. The minimum absolute atomic E-state index is 0.0987. The van der Waals surface area contributed by atoms with Gasteiger partial charge in [-0.15, -0.1) is 0 Å². The number of hydrogen-bond acceptors (Lipinski definition) is 2. The Morgan fingerprint density at radius 3 is 2.79 bits per heavy atom. The van der Waals surface area contributed by atoms with Crippen LogP contribution in [0.3, 0.4) is 0 Å². The Morgan fingerprint density at radius 1 is 1.64 bits per heavy atom. The number of aromatic nitrogens is 1. The first-order chi connectivity index (χ1) is 6.57. The van der Waals surface area contributed by atoms with Crippen molar-refractivity contribution < 1.29 is 8.78 Å². The molecule has 0 spiro atoms. The molecule has 0 aliphatic heterocycles. The Kier molecular flexibility index (Phi) is 3.53. The monoisotopic (exact) mass is 260 g/mol. The lowest BCUT2D eigenvalue weighted by Gasteiger charge is -2.09. The topological polar surface area (TPSA) is 36.7 Å². The van der Waals surface area contributed by atoms with E-state index in [-0.39, 0.29) is 17.7 Å². The first-order valence-electron chi connectivity index (χ1n) is 3.87. The van der Waals surface area contributed by atoms with Crippen molar-refractivity contribution >= 4 is 15.9 Å². The quantitative estimate of drug-likeness (QED) is 0.819. The number of rotatable bonds is 2. The van der Waals surface area contributed by atoms with Crippen LogP contribution in [0.2, 0.25) is 0 Å². The predicted octanol–water partition coefficient (Wildman–Crippen LogP) is 3.16. The van der Waals surface area contributed by atoms with E-state index in [2.05, 4.69) is 20.9 Å². The number of pyridine rings is 1. The molecular weight excluding hydrogens is 254 g/mol. The first kappa shape index (κ1) is 11.1. The Labute approximate surface area is 88.7 Å². The molecule has 0 amide bonds. The summed E-state index contributed by atoms with van der Waals surface area (Å²) in [5, 5.41) is 8.44. The zero-order valence-corrected chi connectivity index (χ0v) is 8.98. The number of hydrogen-bond donors (Lipinski definition) is 0. The molecule has 14 heavy (non-hydrogen) atoms. The smallest absolute Gasteiger partial charge is 0.259 e. The largest absolute Gasteiger partial charge is 0.266 e. The van der Waals surface area contributed by atoms with Crippen molar-refractivity contribution in [3.8, 4) is 6.07 Å². The van der Waals surface area contributed by atoms with Crippen LogP contribution in [0, 0.1) is 18.3 Å². The third-order valence-corrected chi connectivity index (χ3v) is 2.82. The molecule has 0 saturated heterocycles. The van der Waals surface area contributed by atoms with Gasteiger partial charge in [0, 0.05) is 10.7 Å². The van der Waals surface area contributed by atoms with Crippen molar-refractivity contribution in [2.24, 2.45) is 0 Å². The molecule has 1 heterocycles. The van der Waals surface area contributed by atoms with Crippen LogP contribution >= 0.6 is 15.9 Å². The SMILES string of the molecule is Cc1cnc(CC#N)c(C(F)F)c1Br. The van der Waals surface area contributed by atoms with Crippen molar-refractivity contribution in [1.82, 2.24) is 4.98 Å². The second kappa shape index (κ2) is 4.47. The van der Waals surface area contributed by atoms with E-state index in [1.165, 1.54) is 6.20 Å². The van der Waals surface area contributed by atoms with Gasteiger partial charge < -0.3 is 0 Å². The third kappa shape index (κ3) is 2.07. The minimum atomic E-state index is -2.61. The van der Waals surface area contributed by atoms with Crippen LogP contribution in [0.15, 0.2) is 10.7 Å². The molecule has 74 valence electrons. The minimum Gasteiger partial charge on any atom is -0.259 e. The van der Waals surface area contributed by atoms with E-state index in [9.17, 15) is 8.78 Å². The van der Waals surface area contributed by atoms with Crippen molar-refractivity contribution in [2.45, 2.75) is 19.8 Å². The van der Waals surface area contributed by atoms with E-state index in [0.29, 0.717) is 10.0 Å². The summed E-state index contributed by atoms with van der Waals surface area (Å²) < 4.78 is 25.6. The van der Waals surface area contributed by atoms with Crippen molar-refractivity contribution in [3.05, 3.63) is 27.5 Å². The lowest BCUT2D eigenvalue weighted by Crippen LogP contribution is -2.00. The molecule has 5 heteroatoms. The summed E-state index contributed by atoms with van der Waals surface area (Å²) in [5.41, 5.74) is 0.605. The van der Waals surface area contributed by atoms with Gasteiger partial charge in [0.15, 0.2) is 0 Å². The molecule has 0 aliphatic rings. The van der Waals surface area contributed by atoms with Gasteiger partial charge in [0.25, 0.3) is 6.43 Å². The van der Waals surface area contributed by atoms with Gasteiger partial charge in [0.1, 0.15) is 0 Å². The number of nitrogens with zero attached hydrogens (tertiary/aromatic N) is 2. The fourth-order valence-corrected chi connectivity index (χ4v) is 1.58. The highest BCUT2D eigenvalue weighted by Crippen LogP contribution is 2.31. The molecule has 0 saturated carbocycles. The van der Waals surface area contributed by atoms with Crippen LogP contribution in [0.25, 0.3) is 0 Å². The molecule has 0 unspecified atom stereocenters. The van der Waals surface area contributed by atoms with E-state index in [1.807, 2.05) is 6.07 Å². The molecule has 1 aromatic rings. The maximum absolute atomic E-state index is 12.6. The zero-order chi connectivity index (χ0) is 10.7. The summed E-state index contributed by atoms with van der Waals surface area (Å²) >= 11 is 3.07. The average Bonchev–Trinajstić information content (AvgIpc) is 2.11. The summed E-state index contributed by atoms with van der Waals surface area (Å²) in [6.07, 6.45) is -1.23. The van der Waals surface area contributed by atoms with E-state index >= 15 is 0 Å². The van der Waals surface area contributed by atoms with E-state index < -0.39 is 6.43 Å². The molecule has 0 aliphatic carbocycles. The standard InChI is InChI=1S/C9H7BrF2N2/c1-5-4-14-6(2-3-13)7(8(5)10)9(11)12/h4,9H,2H2,1H3. The van der Waals surface area contributed by atoms with Crippen LogP contribution in [-0.4, -0.2) is 4.98 Å². The van der Waals surface area contributed by atoms with Crippen LogP contribution in [-0.2, 0) is 6.42 Å². The summed E-state index contributed by atoms with van der Waals surface area (Å²) in [4.78, 5) is 3.82. The fourth-order valence-electron chi connectivity index (χ4n) is 1.08. The van der Waals surface area contributed by atoms with E-state index in [1.54, 1.807) is 6.92 Å². The van der Waals surface area contributed by atoms with Crippen LogP contribution in [0.1, 0.15) is 23.2 Å². The molecule has 0 aromatic carbocycles. The number of aryl methyl sites for hydroxylation is 1. The van der Waals surface area contributed by atoms with Crippen molar-refractivity contribution in [3.63, 3.8) is 0 Å². The Bertz CT molecular complexity index is 385. The molecule has 0 bridgehead atoms. The van der Waals surface area contributed by atoms with Gasteiger partial charge in [-0.1, -0.05) is 0 Å². The van der Waals surface area contributed by atoms with Crippen LogP contribution < -0.4 is 0 Å². The average molecular weight is 261 g/mol. The van der Waals surface area contributed by atoms with Crippen molar-refractivity contribution in [1.29, 1.82) is 5.26 Å². The summed E-state index contributed by atoms with van der Waals surface area (Å²) in [6.45, 7) is 1.68. The van der Waals surface area contributed by atoms with E-state index in [4.69, 9.17) is 5.26 Å². The van der Waals surface area contributed by atoms with Gasteiger partial charge in [0.2, 0.25) is 0 Å². The second-order valence-corrected chi connectivity index (χ2v) is 3.54. The highest BCUT2D eigenvalue weighted by atomic mass is 79.9. The summed E-state index contributed by atoms with van der Waals surface area (Å²) in [6, 6.07) is 1.81. The Morgan fingerprint density at radius 2 is 2.29 bits per heavy atom.